The van der Waals surface area contributed by atoms with Gasteiger partial charge in [-0.1, -0.05) is 40.5 Å². The predicted molar refractivity (Wildman–Crippen MR) is 84.0 cm³/mol. The summed E-state index contributed by atoms with van der Waals surface area (Å²) in [7, 11) is 1.00. The highest BCUT2D eigenvalue weighted by molar-refractivity contribution is 6.62. The zero-order valence-corrected chi connectivity index (χ0v) is 14.7. The lowest BCUT2D eigenvalue weighted by Gasteiger charge is -2.35. The first kappa shape index (κ1) is 19.1. The van der Waals surface area contributed by atoms with E-state index in [1.807, 2.05) is 0 Å². The molecule has 0 radical (unpaired) electrons. The molecule has 0 bridgehead atoms. The monoisotopic (exact) mass is 290 g/mol. The molecule has 0 aromatic heterocycles. The Balaban J connectivity index is 4.70. The van der Waals surface area contributed by atoms with Crippen LogP contribution in [0.25, 0.3) is 0 Å². The van der Waals surface area contributed by atoms with Crippen LogP contribution in [0.5, 0.6) is 0 Å². The van der Waals surface area contributed by atoms with Gasteiger partial charge in [-0.15, -0.1) is 0 Å². The van der Waals surface area contributed by atoms with Gasteiger partial charge in [-0.3, -0.25) is 9.96 Å². The Morgan fingerprint density at radius 2 is 1.16 bits per heavy atom. The highest BCUT2D eigenvalue weighted by Crippen LogP contribution is 2.10. The molecule has 2 atom stereocenters. The summed E-state index contributed by atoms with van der Waals surface area (Å²) in [6, 6.07) is 0.923. The van der Waals surface area contributed by atoms with Crippen molar-refractivity contribution in [3.63, 3.8) is 0 Å². The molecular formula is C14H34N2O2Si. The van der Waals surface area contributed by atoms with Crippen molar-refractivity contribution in [2.75, 3.05) is 14.2 Å². The molecule has 2 N–H and O–H groups in total. The van der Waals surface area contributed by atoms with Crippen molar-refractivity contribution in [3.05, 3.63) is 0 Å². The molecule has 0 saturated heterocycles. The van der Waals surface area contributed by atoms with E-state index in [0.29, 0.717) is 12.1 Å². The molecule has 4 nitrogen and oxygen atoms in total. The number of hydrogen-bond acceptors (Lipinski definition) is 4. The predicted octanol–water partition coefficient (Wildman–Crippen LogP) is 3.05. The van der Waals surface area contributed by atoms with E-state index >= 15 is 0 Å². The Morgan fingerprint density at radius 3 is 1.37 bits per heavy atom. The first-order valence-corrected chi connectivity index (χ1v) is 9.58. The Kier molecular flexibility index (Phi) is 10.8. The normalized spacial score (nSPS) is 15.5. The van der Waals surface area contributed by atoms with Crippen molar-refractivity contribution in [1.82, 2.24) is 9.96 Å². The van der Waals surface area contributed by atoms with E-state index in [2.05, 4.69) is 37.7 Å². The highest BCUT2D eigenvalue weighted by Gasteiger charge is 2.40. The smallest absolute Gasteiger partial charge is 0.374 e. The first-order valence-electron chi connectivity index (χ1n) is 7.76. The maximum Gasteiger partial charge on any atom is 0.516 e. The maximum absolute atomic E-state index is 5.74. The van der Waals surface area contributed by atoms with E-state index in [4.69, 9.17) is 8.85 Å². The van der Waals surface area contributed by atoms with Gasteiger partial charge in [0.05, 0.1) is 0 Å². The molecule has 2 unspecified atom stereocenters. The average Bonchev–Trinajstić information content (AvgIpc) is 2.45. The third-order valence-electron chi connectivity index (χ3n) is 3.62. The van der Waals surface area contributed by atoms with Crippen LogP contribution in [0.15, 0.2) is 0 Å². The standard InChI is InChI=1S/C14H34N2O2Si/c1-7-11-13(9-3)15-19(17-5,18-6)16-14(10-4)12-8-2/h13-16H,7-12H2,1-6H3. The Labute approximate surface area is 121 Å². The second-order valence-corrected chi connectivity index (χ2v) is 7.73. The highest BCUT2D eigenvalue weighted by atomic mass is 28.4. The van der Waals surface area contributed by atoms with Crippen LogP contribution in [0, 0.1) is 0 Å². The molecule has 0 spiro atoms. The van der Waals surface area contributed by atoms with E-state index in [1.54, 1.807) is 14.2 Å². The summed E-state index contributed by atoms with van der Waals surface area (Å²) in [5, 5.41) is 0. The van der Waals surface area contributed by atoms with Gasteiger partial charge in [0, 0.05) is 26.3 Å². The van der Waals surface area contributed by atoms with Gasteiger partial charge in [0.2, 0.25) is 0 Å². The molecule has 0 aromatic carbocycles. The first-order chi connectivity index (χ1) is 9.11. The van der Waals surface area contributed by atoms with Crippen LogP contribution in [0.2, 0.25) is 0 Å². The summed E-state index contributed by atoms with van der Waals surface area (Å²) in [4.78, 5) is 7.25. The molecule has 0 amide bonds. The van der Waals surface area contributed by atoms with E-state index in [1.165, 1.54) is 12.8 Å². The molecule has 0 heterocycles. The molecule has 0 rings (SSSR count). The minimum atomic E-state index is -2.49. The van der Waals surface area contributed by atoms with Gasteiger partial charge in [0.25, 0.3) is 0 Å². The number of rotatable bonds is 12. The summed E-state index contributed by atoms with van der Waals surface area (Å²) < 4.78 is 11.5. The maximum atomic E-state index is 5.74. The van der Waals surface area contributed by atoms with Crippen LogP contribution in [-0.2, 0) is 8.85 Å². The molecule has 0 fully saturated rings. The van der Waals surface area contributed by atoms with Crippen molar-refractivity contribution in [2.24, 2.45) is 0 Å². The van der Waals surface area contributed by atoms with Crippen LogP contribution >= 0.6 is 0 Å². The summed E-state index contributed by atoms with van der Waals surface area (Å²) in [6.45, 7) is 8.85. The Morgan fingerprint density at radius 1 is 0.789 bits per heavy atom. The number of nitrogens with one attached hydrogen (secondary N) is 2. The topological polar surface area (TPSA) is 42.5 Å². The lowest BCUT2D eigenvalue weighted by atomic mass is 10.1. The fourth-order valence-electron chi connectivity index (χ4n) is 2.35. The van der Waals surface area contributed by atoms with Gasteiger partial charge in [0.1, 0.15) is 0 Å². The van der Waals surface area contributed by atoms with Crippen LogP contribution in [0.3, 0.4) is 0 Å². The largest absolute Gasteiger partial charge is 0.516 e. The molecule has 0 aromatic rings. The van der Waals surface area contributed by atoms with Gasteiger partial charge in [-0.2, -0.15) is 0 Å². The lowest BCUT2D eigenvalue weighted by molar-refractivity contribution is 0.196. The molecule has 5 heteroatoms. The fraction of sp³-hybridized carbons (Fsp3) is 1.00. The van der Waals surface area contributed by atoms with Gasteiger partial charge < -0.3 is 8.85 Å². The zero-order valence-electron chi connectivity index (χ0n) is 13.7. The van der Waals surface area contributed by atoms with Crippen molar-refractivity contribution < 1.29 is 8.85 Å². The van der Waals surface area contributed by atoms with Crippen molar-refractivity contribution in [3.8, 4) is 0 Å². The Hall–Kier alpha value is 0.0569. The van der Waals surface area contributed by atoms with Crippen LogP contribution in [0.4, 0.5) is 0 Å². The fourth-order valence-corrected chi connectivity index (χ4v) is 4.85. The molecular weight excluding hydrogens is 256 g/mol. The van der Waals surface area contributed by atoms with Gasteiger partial charge >= 0.3 is 8.88 Å². The average molecular weight is 291 g/mol. The van der Waals surface area contributed by atoms with Crippen molar-refractivity contribution >= 4 is 8.88 Å². The van der Waals surface area contributed by atoms with E-state index in [-0.39, 0.29) is 0 Å². The zero-order chi connectivity index (χ0) is 14.7. The summed E-state index contributed by atoms with van der Waals surface area (Å²) in [5.74, 6) is 0. The van der Waals surface area contributed by atoms with Gasteiger partial charge in [0.15, 0.2) is 0 Å². The quantitative estimate of drug-likeness (QED) is 0.542. The van der Waals surface area contributed by atoms with Crippen molar-refractivity contribution in [1.29, 1.82) is 0 Å². The van der Waals surface area contributed by atoms with Crippen LogP contribution in [-0.4, -0.2) is 35.2 Å². The van der Waals surface area contributed by atoms with Gasteiger partial charge in [-0.05, 0) is 25.7 Å². The molecule has 0 aliphatic rings. The summed E-state index contributed by atoms with van der Waals surface area (Å²) >= 11 is 0. The third-order valence-corrected chi connectivity index (χ3v) is 6.35. The molecule has 0 saturated carbocycles. The van der Waals surface area contributed by atoms with Crippen LogP contribution < -0.4 is 9.96 Å². The minimum Gasteiger partial charge on any atom is -0.374 e. The SMILES string of the molecule is CCCC(CC)N[Si](NC(CC)CCC)(OC)OC. The van der Waals surface area contributed by atoms with Crippen molar-refractivity contribution in [2.45, 2.75) is 78.3 Å². The molecule has 19 heavy (non-hydrogen) atoms. The Bertz CT molecular complexity index is 196. The van der Waals surface area contributed by atoms with E-state index in [9.17, 15) is 0 Å². The third kappa shape index (κ3) is 6.86. The van der Waals surface area contributed by atoms with E-state index in [0.717, 1.165) is 25.7 Å². The number of hydrogen-bond donors (Lipinski definition) is 2. The second-order valence-electron chi connectivity index (χ2n) is 5.10. The lowest BCUT2D eigenvalue weighted by Crippen LogP contribution is -2.70. The second kappa shape index (κ2) is 10.8. The summed E-state index contributed by atoms with van der Waals surface area (Å²) in [5.41, 5.74) is 0. The molecule has 0 aliphatic carbocycles. The molecule has 0 aliphatic heterocycles. The summed E-state index contributed by atoms with van der Waals surface area (Å²) in [6.07, 6.45) is 6.86. The van der Waals surface area contributed by atoms with E-state index < -0.39 is 8.88 Å². The van der Waals surface area contributed by atoms with Crippen LogP contribution in [0.1, 0.15) is 66.2 Å². The minimum absolute atomic E-state index is 0.461. The van der Waals surface area contributed by atoms with Gasteiger partial charge in [-0.25, -0.2) is 0 Å². The molecule has 116 valence electrons.